The SMILES string of the molecule is C[C@H](O)CNS(=O)(=O)c1ccc(Cl)c([N+](=O)[O-])c1. The third-order valence-corrected chi connectivity index (χ3v) is 3.73. The Bertz CT molecular complexity index is 558. The fraction of sp³-hybridized carbons (Fsp3) is 0.333. The average molecular weight is 295 g/mol. The quantitative estimate of drug-likeness (QED) is 0.619. The van der Waals surface area contributed by atoms with Gasteiger partial charge in [0.15, 0.2) is 0 Å². The first-order chi connectivity index (χ1) is 8.24. The molecule has 18 heavy (non-hydrogen) atoms. The zero-order valence-corrected chi connectivity index (χ0v) is 10.9. The number of hydrogen-bond acceptors (Lipinski definition) is 5. The van der Waals surface area contributed by atoms with Crippen LogP contribution in [0.25, 0.3) is 0 Å². The lowest BCUT2D eigenvalue weighted by molar-refractivity contribution is -0.384. The fourth-order valence-electron chi connectivity index (χ4n) is 1.11. The molecule has 0 fully saturated rings. The Morgan fingerprint density at radius 1 is 1.56 bits per heavy atom. The molecular formula is C9H11ClN2O5S. The topological polar surface area (TPSA) is 110 Å². The average Bonchev–Trinajstić information content (AvgIpc) is 2.26. The third kappa shape index (κ3) is 3.64. The number of aliphatic hydroxyl groups excluding tert-OH is 1. The molecule has 0 aromatic heterocycles. The van der Waals surface area contributed by atoms with E-state index >= 15 is 0 Å². The molecule has 0 saturated carbocycles. The number of nitro groups is 1. The van der Waals surface area contributed by atoms with Gasteiger partial charge in [-0.3, -0.25) is 10.1 Å². The number of aliphatic hydroxyl groups is 1. The molecule has 0 amide bonds. The van der Waals surface area contributed by atoms with Crippen molar-refractivity contribution in [1.82, 2.24) is 4.72 Å². The monoisotopic (exact) mass is 294 g/mol. The van der Waals surface area contributed by atoms with Crippen molar-refractivity contribution < 1.29 is 18.4 Å². The minimum absolute atomic E-state index is 0.144. The van der Waals surface area contributed by atoms with Crippen LogP contribution in [-0.4, -0.2) is 31.1 Å². The second kappa shape index (κ2) is 5.61. The standard InChI is InChI=1S/C9H11ClN2O5S/c1-6(13)5-11-18(16,17)7-2-3-8(10)9(4-7)12(14)15/h2-4,6,11,13H,5H2,1H3/t6-/m0/s1. The van der Waals surface area contributed by atoms with Crippen LogP contribution in [0.15, 0.2) is 23.1 Å². The minimum atomic E-state index is -3.90. The highest BCUT2D eigenvalue weighted by atomic mass is 35.5. The van der Waals surface area contributed by atoms with Crippen molar-refractivity contribution in [3.8, 4) is 0 Å². The molecule has 0 unspecified atom stereocenters. The van der Waals surface area contributed by atoms with E-state index in [2.05, 4.69) is 4.72 Å². The lowest BCUT2D eigenvalue weighted by atomic mass is 10.3. The van der Waals surface area contributed by atoms with E-state index in [9.17, 15) is 18.5 Å². The van der Waals surface area contributed by atoms with Gasteiger partial charge in [-0.2, -0.15) is 0 Å². The van der Waals surface area contributed by atoms with Gasteiger partial charge in [-0.05, 0) is 19.1 Å². The maximum Gasteiger partial charge on any atom is 0.289 e. The molecule has 0 aliphatic rings. The van der Waals surface area contributed by atoms with E-state index in [1.165, 1.54) is 6.92 Å². The lowest BCUT2D eigenvalue weighted by Gasteiger charge is -2.08. The van der Waals surface area contributed by atoms with Gasteiger partial charge in [0.1, 0.15) is 5.02 Å². The van der Waals surface area contributed by atoms with E-state index in [1.54, 1.807) is 0 Å². The number of nitrogens with zero attached hydrogens (tertiary/aromatic N) is 1. The molecule has 100 valence electrons. The van der Waals surface area contributed by atoms with Crippen molar-refractivity contribution >= 4 is 27.3 Å². The van der Waals surface area contributed by atoms with Crippen LogP contribution in [0.2, 0.25) is 5.02 Å². The van der Waals surface area contributed by atoms with Crippen LogP contribution in [0.4, 0.5) is 5.69 Å². The zero-order valence-electron chi connectivity index (χ0n) is 9.33. The van der Waals surface area contributed by atoms with Crippen LogP contribution < -0.4 is 4.72 Å². The highest BCUT2D eigenvalue weighted by molar-refractivity contribution is 7.89. The highest BCUT2D eigenvalue weighted by Crippen LogP contribution is 2.26. The first-order valence-corrected chi connectivity index (χ1v) is 6.72. The molecule has 1 aromatic carbocycles. The Morgan fingerprint density at radius 2 is 2.17 bits per heavy atom. The molecule has 0 aliphatic carbocycles. The molecule has 7 nitrogen and oxygen atoms in total. The maximum atomic E-state index is 11.7. The summed E-state index contributed by atoms with van der Waals surface area (Å²) in [5.41, 5.74) is -0.489. The number of halogens is 1. The van der Waals surface area contributed by atoms with E-state index in [-0.39, 0.29) is 16.5 Å². The van der Waals surface area contributed by atoms with Crippen molar-refractivity contribution in [2.24, 2.45) is 0 Å². The van der Waals surface area contributed by atoms with E-state index < -0.39 is 26.7 Å². The number of rotatable bonds is 5. The summed E-state index contributed by atoms with van der Waals surface area (Å²) in [5, 5.41) is 19.5. The molecule has 0 radical (unpaired) electrons. The number of hydrogen-bond donors (Lipinski definition) is 2. The van der Waals surface area contributed by atoms with Gasteiger partial charge in [-0.15, -0.1) is 0 Å². The van der Waals surface area contributed by atoms with Crippen LogP contribution in [0, 0.1) is 10.1 Å². The van der Waals surface area contributed by atoms with Crippen molar-refractivity contribution in [3.05, 3.63) is 33.3 Å². The second-order valence-electron chi connectivity index (χ2n) is 3.57. The summed E-state index contributed by atoms with van der Waals surface area (Å²) in [4.78, 5) is 9.59. The number of nitro benzene ring substituents is 1. The molecule has 0 bridgehead atoms. The molecule has 0 aliphatic heterocycles. The number of nitrogens with one attached hydrogen (secondary N) is 1. The zero-order chi connectivity index (χ0) is 13.9. The van der Waals surface area contributed by atoms with E-state index in [1.807, 2.05) is 0 Å². The van der Waals surface area contributed by atoms with Gasteiger partial charge in [-0.25, -0.2) is 13.1 Å². The number of benzene rings is 1. The van der Waals surface area contributed by atoms with Gasteiger partial charge in [0.25, 0.3) is 5.69 Å². The first kappa shape index (κ1) is 14.8. The van der Waals surface area contributed by atoms with Crippen LogP contribution >= 0.6 is 11.6 Å². The van der Waals surface area contributed by atoms with Gasteiger partial charge in [0, 0.05) is 12.6 Å². The first-order valence-electron chi connectivity index (χ1n) is 4.85. The molecule has 2 N–H and O–H groups in total. The van der Waals surface area contributed by atoms with Crippen molar-refractivity contribution in [2.75, 3.05) is 6.54 Å². The summed E-state index contributed by atoms with van der Waals surface area (Å²) in [6.45, 7) is 1.23. The maximum absolute atomic E-state index is 11.7. The molecular weight excluding hydrogens is 284 g/mol. The Hall–Kier alpha value is -1.22. The summed E-state index contributed by atoms with van der Waals surface area (Å²) < 4.78 is 25.6. The summed E-state index contributed by atoms with van der Waals surface area (Å²) in [7, 11) is -3.90. The third-order valence-electron chi connectivity index (χ3n) is 1.99. The summed E-state index contributed by atoms with van der Waals surface area (Å²) in [5.74, 6) is 0. The van der Waals surface area contributed by atoms with Gasteiger partial charge >= 0.3 is 0 Å². The molecule has 0 spiro atoms. The van der Waals surface area contributed by atoms with Crippen LogP contribution in [-0.2, 0) is 10.0 Å². The largest absolute Gasteiger partial charge is 0.392 e. The fourth-order valence-corrected chi connectivity index (χ4v) is 2.44. The second-order valence-corrected chi connectivity index (χ2v) is 5.75. The Balaban J connectivity index is 3.10. The minimum Gasteiger partial charge on any atom is -0.392 e. The molecule has 9 heteroatoms. The smallest absolute Gasteiger partial charge is 0.289 e. The van der Waals surface area contributed by atoms with Crippen molar-refractivity contribution in [1.29, 1.82) is 0 Å². The predicted octanol–water partition coefficient (Wildman–Crippen LogP) is 0.907. The van der Waals surface area contributed by atoms with Crippen LogP contribution in [0.3, 0.4) is 0 Å². The van der Waals surface area contributed by atoms with Gasteiger partial charge in [0.2, 0.25) is 10.0 Å². The highest BCUT2D eigenvalue weighted by Gasteiger charge is 2.20. The van der Waals surface area contributed by atoms with Gasteiger partial charge in [0.05, 0.1) is 15.9 Å². The van der Waals surface area contributed by atoms with Crippen LogP contribution in [0.5, 0.6) is 0 Å². The molecule has 0 heterocycles. The molecule has 1 aromatic rings. The van der Waals surface area contributed by atoms with E-state index in [0.29, 0.717) is 0 Å². The summed E-state index contributed by atoms with van der Waals surface area (Å²) in [6, 6.07) is 3.16. The predicted molar refractivity (Wildman–Crippen MR) is 65.0 cm³/mol. The molecule has 1 rings (SSSR count). The van der Waals surface area contributed by atoms with Crippen LogP contribution in [0.1, 0.15) is 6.92 Å². The van der Waals surface area contributed by atoms with Crippen molar-refractivity contribution in [2.45, 2.75) is 17.9 Å². The Labute approximate surface area is 109 Å². The summed E-state index contributed by atoms with van der Waals surface area (Å²) in [6.07, 6.45) is -0.859. The summed E-state index contributed by atoms with van der Waals surface area (Å²) >= 11 is 5.57. The van der Waals surface area contributed by atoms with Crippen molar-refractivity contribution in [3.63, 3.8) is 0 Å². The molecule has 0 saturated heterocycles. The normalized spacial score (nSPS) is 13.3. The van der Waals surface area contributed by atoms with E-state index in [4.69, 9.17) is 16.7 Å². The number of sulfonamides is 1. The van der Waals surface area contributed by atoms with E-state index in [0.717, 1.165) is 18.2 Å². The molecule has 1 atom stereocenters. The van der Waals surface area contributed by atoms with Gasteiger partial charge in [-0.1, -0.05) is 11.6 Å². The van der Waals surface area contributed by atoms with Gasteiger partial charge < -0.3 is 5.11 Å². The lowest BCUT2D eigenvalue weighted by Crippen LogP contribution is -2.30. The Kier molecular flexibility index (Phi) is 4.63. The Morgan fingerprint density at radius 3 is 2.67 bits per heavy atom.